The summed E-state index contributed by atoms with van der Waals surface area (Å²) in [5.41, 5.74) is 4.42. The van der Waals surface area contributed by atoms with E-state index in [1.807, 2.05) is 59.0 Å². The Morgan fingerprint density at radius 1 is 1.29 bits per heavy atom. The van der Waals surface area contributed by atoms with Gasteiger partial charge in [-0.2, -0.15) is 4.73 Å². The van der Waals surface area contributed by atoms with Crippen molar-refractivity contribution >= 4 is 18.3 Å². The molecule has 0 unspecified atom stereocenters. The molecule has 0 saturated carbocycles. The standard InChI is InChI=1S/C22H31N3O3/c1-7-9-16(2)21(13-20-10-8-11-25(20)28-6)22(27)24-14-19(15-26)17(3)12-18(4)23-5/h8-13,15,23H,7,14H2,1-6H3,(H,24,27)/b16-9+,18-12-,19-17-,21-13+. The number of carbonyl (C=O) groups is 2. The highest BCUT2D eigenvalue weighted by Crippen LogP contribution is 2.16. The predicted octanol–water partition coefficient (Wildman–Crippen LogP) is 3.04. The number of nitrogens with one attached hydrogen (secondary N) is 2. The Balaban J connectivity index is 3.13. The van der Waals surface area contributed by atoms with Crippen LogP contribution in [0.3, 0.4) is 0 Å². The Morgan fingerprint density at radius 2 is 2.00 bits per heavy atom. The van der Waals surface area contributed by atoms with E-state index in [1.165, 1.54) is 0 Å². The topological polar surface area (TPSA) is 72.4 Å². The van der Waals surface area contributed by atoms with Gasteiger partial charge in [0.05, 0.1) is 5.69 Å². The molecule has 6 nitrogen and oxygen atoms in total. The minimum Gasteiger partial charge on any atom is -0.417 e. The number of hydrogen-bond donors (Lipinski definition) is 2. The number of nitrogens with zero attached hydrogens (tertiary/aromatic N) is 1. The minimum atomic E-state index is -0.243. The normalized spacial score (nSPS) is 13.7. The van der Waals surface area contributed by atoms with E-state index < -0.39 is 0 Å². The predicted molar refractivity (Wildman–Crippen MR) is 114 cm³/mol. The lowest BCUT2D eigenvalue weighted by molar-refractivity contribution is -0.117. The van der Waals surface area contributed by atoms with Crippen molar-refractivity contribution in [3.05, 3.63) is 64.2 Å². The highest BCUT2D eigenvalue weighted by Gasteiger charge is 2.14. The third kappa shape index (κ3) is 6.61. The van der Waals surface area contributed by atoms with E-state index in [0.717, 1.165) is 35.2 Å². The monoisotopic (exact) mass is 385 g/mol. The summed E-state index contributed by atoms with van der Waals surface area (Å²) in [6.45, 7) is 7.83. The second kappa shape index (κ2) is 11.6. The molecule has 1 amide bonds. The number of aldehydes is 1. The molecular formula is C22H31N3O3. The lowest BCUT2D eigenvalue weighted by atomic mass is 10.0. The molecule has 0 aliphatic heterocycles. The van der Waals surface area contributed by atoms with Crippen LogP contribution < -0.4 is 15.5 Å². The fraction of sp³-hybridized carbons (Fsp3) is 0.364. The summed E-state index contributed by atoms with van der Waals surface area (Å²) in [5, 5.41) is 5.87. The third-order valence-electron chi connectivity index (χ3n) is 4.33. The quantitative estimate of drug-likeness (QED) is 0.369. The average molecular weight is 386 g/mol. The molecular weight excluding hydrogens is 354 g/mol. The van der Waals surface area contributed by atoms with Gasteiger partial charge >= 0.3 is 0 Å². The molecule has 1 heterocycles. The maximum absolute atomic E-state index is 12.9. The van der Waals surface area contributed by atoms with Gasteiger partial charge in [0.1, 0.15) is 13.4 Å². The number of amides is 1. The summed E-state index contributed by atoms with van der Waals surface area (Å²) >= 11 is 0. The molecule has 0 aromatic carbocycles. The molecule has 6 heteroatoms. The highest BCUT2D eigenvalue weighted by molar-refractivity contribution is 6.02. The van der Waals surface area contributed by atoms with Crippen molar-refractivity contribution in [2.75, 3.05) is 20.7 Å². The Labute approximate surface area is 167 Å². The van der Waals surface area contributed by atoms with Crippen molar-refractivity contribution in [1.29, 1.82) is 0 Å². The number of hydrogen-bond acceptors (Lipinski definition) is 4. The van der Waals surface area contributed by atoms with Gasteiger partial charge < -0.3 is 15.5 Å². The Bertz CT molecular complexity index is 811. The van der Waals surface area contributed by atoms with Crippen LogP contribution in [0.5, 0.6) is 0 Å². The van der Waals surface area contributed by atoms with Crippen LogP contribution in [-0.2, 0) is 9.59 Å². The van der Waals surface area contributed by atoms with Crippen molar-refractivity contribution in [2.24, 2.45) is 0 Å². The molecule has 0 aliphatic carbocycles. The van der Waals surface area contributed by atoms with Gasteiger partial charge in [-0.05, 0) is 62.6 Å². The van der Waals surface area contributed by atoms with Crippen LogP contribution >= 0.6 is 0 Å². The van der Waals surface area contributed by atoms with E-state index in [4.69, 9.17) is 4.84 Å². The molecule has 1 aromatic heterocycles. The lowest BCUT2D eigenvalue weighted by Gasteiger charge is -2.12. The maximum atomic E-state index is 12.9. The summed E-state index contributed by atoms with van der Waals surface area (Å²) in [6.07, 6.45) is 9.01. The van der Waals surface area contributed by atoms with Crippen LogP contribution in [0.25, 0.3) is 6.08 Å². The fourth-order valence-corrected chi connectivity index (χ4v) is 2.61. The van der Waals surface area contributed by atoms with Gasteiger partial charge in [-0.25, -0.2) is 0 Å². The third-order valence-corrected chi connectivity index (χ3v) is 4.33. The van der Waals surface area contributed by atoms with Crippen LogP contribution in [0.2, 0.25) is 0 Å². The smallest absolute Gasteiger partial charge is 0.251 e. The molecule has 1 rings (SSSR count). The van der Waals surface area contributed by atoms with Gasteiger partial charge in [0.2, 0.25) is 0 Å². The summed E-state index contributed by atoms with van der Waals surface area (Å²) < 4.78 is 1.58. The molecule has 0 bridgehead atoms. The first kappa shape index (κ1) is 23.0. The van der Waals surface area contributed by atoms with Crippen molar-refractivity contribution in [1.82, 2.24) is 15.4 Å². The zero-order valence-corrected chi connectivity index (χ0v) is 17.6. The van der Waals surface area contributed by atoms with E-state index in [2.05, 4.69) is 10.6 Å². The number of carbonyl (C=O) groups excluding carboxylic acids is 2. The zero-order valence-electron chi connectivity index (χ0n) is 17.6. The zero-order chi connectivity index (χ0) is 21.1. The average Bonchev–Trinajstić information content (AvgIpc) is 3.13. The first-order valence-electron chi connectivity index (χ1n) is 9.27. The Kier molecular flexibility index (Phi) is 9.57. The first-order chi connectivity index (χ1) is 13.4. The summed E-state index contributed by atoms with van der Waals surface area (Å²) in [7, 11) is 3.38. The second-order valence-corrected chi connectivity index (χ2v) is 6.38. The molecule has 1 aromatic rings. The van der Waals surface area contributed by atoms with Gasteiger partial charge in [-0.1, -0.05) is 13.0 Å². The lowest BCUT2D eigenvalue weighted by Crippen LogP contribution is -2.28. The van der Waals surface area contributed by atoms with E-state index in [9.17, 15) is 9.59 Å². The highest BCUT2D eigenvalue weighted by atomic mass is 16.6. The van der Waals surface area contributed by atoms with E-state index in [1.54, 1.807) is 24.1 Å². The van der Waals surface area contributed by atoms with E-state index in [0.29, 0.717) is 11.1 Å². The summed E-state index contributed by atoms with van der Waals surface area (Å²) in [5.74, 6) is -0.243. The van der Waals surface area contributed by atoms with E-state index >= 15 is 0 Å². The largest absolute Gasteiger partial charge is 0.417 e. The minimum absolute atomic E-state index is 0.156. The van der Waals surface area contributed by atoms with E-state index in [-0.39, 0.29) is 12.5 Å². The van der Waals surface area contributed by atoms with Crippen molar-refractivity contribution in [2.45, 2.75) is 34.1 Å². The van der Waals surface area contributed by atoms with Crippen molar-refractivity contribution in [3.8, 4) is 0 Å². The molecule has 0 saturated heterocycles. The molecule has 28 heavy (non-hydrogen) atoms. The van der Waals surface area contributed by atoms with Gasteiger partial charge in [0.25, 0.3) is 5.91 Å². The van der Waals surface area contributed by atoms with Crippen LogP contribution in [0.15, 0.2) is 58.5 Å². The van der Waals surface area contributed by atoms with Gasteiger partial charge in [0.15, 0.2) is 0 Å². The molecule has 0 atom stereocenters. The SMILES string of the molecule is CC/C=C(C)/C(=C\c1cccn1OC)C(=O)NC/C(C=O)=C(C)/C=C(/C)NC. The van der Waals surface area contributed by atoms with Crippen LogP contribution in [0.1, 0.15) is 39.8 Å². The van der Waals surface area contributed by atoms with Crippen LogP contribution in [-0.4, -0.2) is 37.6 Å². The van der Waals surface area contributed by atoms with Crippen molar-refractivity contribution in [3.63, 3.8) is 0 Å². The molecule has 2 N–H and O–H groups in total. The molecule has 0 fully saturated rings. The van der Waals surface area contributed by atoms with Crippen LogP contribution in [0, 0.1) is 0 Å². The Hall–Kier alpha value is -3.02. The first-order valence-corrected chi connectivity index (χ1v) is 9.27. The molecule has 0 aliphatic rings. The fourth-order valence-electron chi connectivity index (χ4n) is 2.61. The maximum Gasteiger partial charge on any atom is 0.251 e. The van der Waals surface area contributed by atoms with Gasteiger partial charge in [-0.3, -0.25) is 9.59 Å². The number of aromatic nitrogens is 1. The summed E-state index contributed by atoms with van der Waals surface area (Å²) in [6, 6.07) is 3.71. The van der Waals surface area contributed by atoms with Crippen LogP contribution in [0.4, 0.5) is 0 Å². The molecule has 0 radical (unpaired) electrons. The number of rotatable bonds is 10. The van der Waals surface area contributed by atoms with Gasteiger partial charge in [0, 0.05) is 36.6 Å². The molecule has 0 spiro atoms. The number of allylic oxidation sites excluding steroid dienone is 4. The second-order valence-electron chi connectivity index (χ2n) is 6.38. The Morgan fingerprint density at radius 3 is 2.57 bits per heavy atom. The van der Waals surface area contributed by atoms with Gasteiger partial charge in [-0.15, -0.1) is 0 Å². The molecule has 152 valence electrons. The van der Waals surface area contributed by atoms with Crippen molar-refractivity contribution < 1.29 is 14.4 Å². The summed E-state index contributed by atoms with van der Waals surface area (Å²) in [4.78, 5) is 29.6.